The number of nitrogens with zero attached hydrogens (tertiary/aromatic N) is 2. The molecule has 0 aliphatic heterocycles. The number of ether oxygens (including phenoxy) is 2. The Hall–Kier alpha value is -3.83. The third-order valence-corrected chi connectivity index (χ3v) is 6.72. The summed E-state index contributed by atoms with van der Waals surface area (Å²) in [4.78, 5) is 26.5. The third-order valence-electron chi connectivity index (χ3n) is 5.53. The Morgan fingerprint density at radius 2 is 1.85 bits per heavy atom. The number of hydrogen-bond acceptors (Lipinski definition) is 6. The van der Waals surface area contributed by atoms with E-state index in [9.17, 15) is 14.9 Å². The van der Waals surface area contributed by atoms with Gasteiger partial charge in [0.05, 0.1) is 19.3 Å². The maximum Gasteiger partial charge on any atom is 0.341 e. The molecule has 8 heteroatoms. The molecule has 3 aromatic rings. The Balaban J connectivity index is 1.99. The zero-order chi connectivity index (χ0) is 25.0. The molecule has 2 heterocycles. The van der Waals surface area contributed by atoms with Gasteiger partial charge in [-0.25, -0.2) is 4.79 Å². The van der Waals surface area contributed by atoms with Crippen LogP contribution in [0.3, 0.4) is 0 Å². The SMILES string of the molecule is CCOC(=O)c1c(-n2c(C)cc(/C=C(/C#N)C(=O)Nc3ccc(OC)cc3)c2C)sc(C)c1C. The number of nitrogens with one attached hydrogen (secondary N) is 1. The first kappa shape index (κ1) is 24.8. The van der Waals surface area contributed by atoms with Gasteiger partial charge in [0, 0.05) is 22.0 Å². The number of esters is 1. The number of rotatable bonds is 7. The number of aromatic nitrogens is 1. The maximum atomic E-state index is 12.7. The lowest BCUT2D eigenvalue weighted by Gasteiger charge is -2.11. The van der Waals surface area contributed by atoms with Gasteiger partial charge in [-0.05, 0) is 82.2 Å². The lowest BCUT2D eigenvalue weighted by Crippen LogP contribution is -2.13. The third kappa shape index (κ3) is 4.90. The fraction of sp³-hybridized carbons (Fsp3) is 0.269. The van der Waals surface area contributed by atoms with Crippen LogP contribution in [0, 0.1) is 39.0 Å². The van der Waals surface area contributed by atoms with E-state index < -0.39 is 5.91 Å². The number of amides is 1. The van der Waals surface area contributed by atoms with Crippen LogP contribution < -0.4 is 10.1 Å². The number of nitriles is 1. The Bertz CT molecular complexity index is 1310. The van der Waals surface area contributed by atoms with E-state index in [0.717, 1.165) is 32.4 Å². The van der Waals surface area contributed by atoms with Gasteiger partial charge in [0.2, 0.25) is 0 Å². The van der Waals surface area contributed by atoms with Crippen LogP contribution in [0.15, 0.2) is 35.9 Å². The molecule has 7 nitrogen and oxygen atoms in total. The Morgan fingerprint density at radius 3 is 2.44 bits per heavy atom. The number of carbonyl (C=O) groups is 2. The van der Waals surface area contributed by atoms with Gasteiger partial charge in [-0.1, -0.05) is 0 Å². The summed E-state index contributed by atoms with van der Waals surface area (Å²) in [6, 6.07) is 10.8. The second-order valence-electron chi connectivity index (χ2n) is 7.70. The van der Waals surface area contributed by atoms with Gasteiger partial charge in [-0.3, -0.25) is 4.79 Å². The molecule has 1 N–H and O–H groups in total. The van der Waals surface area contributed by atoms with Gasteiger partial charge in [0.15, 0.2) is 0 Å². The van der Waals surface area contributed by atoms with Crippen molar-refractivity contribution in [3.05, 3.63) is 68.9 Å². The second-order valence-corrected chi connectivity index (χ2v) is 8.90. The Morgan fingerprint density at radius 1 is 1.18 bits per heavy atom. The highest BCUT2D eigenvalue weighted by Gasteiger charge is 2.24. The normalized spacial score (nSPS) is 11.1. The van der Waals surface area contributed by atoms with E-state index in [1.807, 2.05) is 44.4 Å². The molecule has 0 aliphatic rings. The summed E-state index contributed by atoms with van der Waals surface area (Å²) in [5.41, 5.74) is 4.37. The lowest BCUT2D eigenvalue weighted by molar-refractivity contribution is -0.112. The molecule has 2 aromatic heterocycles. The topological polar surface area (TPSA) is 93.4 Å². The van der Waals surface area contributed by atoms with Crippen molar-refractivity contribution in [2.24, 2.45) is 0 Å². The molecule has 0 fully saturated rings. The fourth-order valence-electron chi connectivity index (χ4n) is 3.63. The van der Waals surface area contributed by atoms with Crippen molar-refractivity contribution < 1.29 is 19.1 Å². The molecule has 0 aliphatic carbocycles. The zero-order valence-electron chi connectivity index (χ0n) is 20.1. The van der Waals surface area contributed by atoms with Crippen LogP contribution in [0.4, 0.5) is 5.69 Å². The first-order valence-electron chi connectivity index (χ1n) is 10.7. The van der Waals surface area contributed by atoms with E-state index in [-0.39, 0.29) is 11.5 Å². The van der Waals surface area contributed by atoms with Crippen molar-refractivity contribution in [1.29, 1.82) is 5.26 Å². The van der Waals surface area contributed by atoms with Crippen molar-refractivity contribution in [1.82, 2.24) is 4.57 Å². The molecule has 0 atom stereocenters. The molecule has 0 saturated heterocycles. The highest BCUT2D eigenvalue weighted by molar-refractivity contribution is 7.15. The van der Waals surface area contributed by atoms with E-state index in [0.29, 0.717) is 23.6 Å². The van der Waals surface area contributed by atoms with Gasteiger partial charge in [-0.15, -0.1) is 11.3 Å². The Labute approximate surface area is 203 Å². The maximum absolute atomic E-state index is 12.7. The smallest absolute Gasteiger partial charge is 0.341 e. The zero-order valence-corrected chi connectivity index (χ0v) is 20.9. The van der Waals surface area contributed by atoms with Crippen LogP contribution in [0.1, 0.15) is 44.7 Å². The molecule has 176 valence electrons. The molecule has 3 rings (SSSR count). The van der Waals surface area contributed by atoms with E-state index in [4.69, 9.17) is 9.47 Å². The van der Waals surface area contributed by atoms with Gasteiger partial charge >= 0.3 is 5.97 Å². The van der Waals surface area contributed by atoms with Crippen LogP contribution in [0.5, 0.6) is 5.75 Å². The summed E-state index contributed by atoms with van der Waals surface area (Å²) in [6.07, 6.45) is 1.56. The van der Waals surface area contributed by atoms with Gasteiger partial charge < -0.3 is 19.4 Å². The summed E-state index contributed by atoms with van der Waals surface area (Å²) in [5.74, 6) is -0.198. The van der Waals surface area contributed by atoms with Gasteiger partial charge in [-0.2, -0.15) is 5.26 Å². The first-order valence-corrected chi connectivity index (χ1v) is 11.6. The molecule has 1 amide bonds. The molecule has 1 aromatic carbocycles. The van der Waals surface area contributed by atoms with Crippen LogP contribution in [0.25, 0.3) is 11.1 Å². The molecule has 34 heavy (non-hydrogen) atoms. The number of thiophene rings is 1. The first-order chi connectivity index (χ1) is 16.2. The fourth-order valence-corrected chi connectivity index (χ4v) is 4.89. The van der Waals surface area contributed by atoms with Crippen LogP contribution in [-0.2, 0) is 9.53 Å². The van der Waals surface area contributed by atoms with Crippen LogP contribution >= 0.6 is 11.3 Å². The van der Waals surface area contributed by atoms with Gasteiger partial charge in [0.25, 0.3) is 5.91 Å². The highest BCUT2D eigenvalue weighted by Crippen LogP contribution is 2.35. The largest absolute Gasteiger partial charge is 0.497 e. The van der Waals surface area contributed by atoms with Crippen molar-refractivity contribution in [2.45, 2.75) is 34.6 Å². The molecule has 0 saturated carbocycles. The number of benzene rings is 1. The molecule has 0 bridgehead atoms. The van der Waals surface area contributed by atoms with Gasteiger partial charge in [0.1, 0.15) is 22.4 Å². The van der Waals surface area contributed by atoms with Crippen molar-refractivity contribution in [3.8, 4) is 16.8 Å². The molecular weight excluding hydrogens is 450 g/mol. The van der Waals surface area contributed by atoms with E-state index in [1.54, 1.807) is 44.4 Å². The standard InChI is InChI=1S/C26H27N3O4S/c1-7-33-26(31)23-16(3)18(5)34-25(23)29-15(2)12-19(17(29)4)13-20(14-27)24(30)28-21-8-10-22(32-6)11-9-21/h8-13H,7H2,1-6H3,(H,28,30)/b20-13-. The highest BCUT2D eigenvalue weighted by atomic mass is 32.1. The number of hydrogen-bond donors (Lipinski definition) is 1. The van der Waals surface area contributed by atoms with Crippen LogP contribution in [0.2, 0.25) is 0 Å². The number of aryl methyl sites for hydroxylation is 2. The van der Waals surface area contributed by atoms with Crippen molar-refractivity contribution >= 4 is 35.0 Å². The monoisotopic (exact) mass is 477 g/mol. The minimum absolute atomic E-state index is 0.0276. The summed E-state index contributed by atoms with van der Waals surface area (Å²) in [6.45, 7) is 9.77. The summed E-state index contributed by atoms with van der Waals surface area (Å²) >= 11 is 1.51. The van der Waals surface area contributed by atoms with Crippen LogP contribution in [-0.4, -0.2) is 30.2 Å². The van der Waals surface area contributed by atoms with E-state index in [1.165, 1.54) is 11.3 Å². The second kappa shape index (κ2) is 10.4. The average molecular weight is 478 g/mol. The summed E-state index contributed by atoms with van der Waals surface area (Å²) in [5, 5.41) is 13.2. The summed E-state index contributed by atoms with van der Waals surface area (Å²) < 4.78 is 12.4. The predicted molar refractivity (Wildman–Crippen MR) is 134 cm³/mol. The minimum atomic E-state index is -0.507. The number of methoxy groups -OCH3 is 1. The molecule has 0 radical (unpaired) electrons. The predicted octanol–water partition coefficient (Wildman–Crippen LogP) is 5.50. The quantitative estimate of drug-likeness (QED) is 0.275. The summed E-state index contributed by atoms with van der Waals surface area (Å²) in [7, 11) is 1.56. The van der Waals surface area contributed by atoms with E-state index >= 15 is 0 Å². The van der Waals surface area contributed by atoms with Crippen molar-refractivity contribution in [3.63, 3.8) is 0 Å². The molecular formula is C26H27N3O4S. The lowest BCUT2D eigenvalue weighted by atomic mass is 10.1. The molecule has 0 spiro atoms. The van der Waals surface area contributed by atoms with E-state index in [2.05, 4.69) is 5.32 Å². The minimum Gasteiger partial charge on any atom is -0.497 e. The number of anilines is 1. The van der Waals surface area contributed by atoms with Crippen molar-refractivity contribution in [2.75, 3.05) is 19.0 Å². The Kier molecular flexibility index (Phi) is 7.59. The number of carbonyl (C=O) groups excluding carboxylic acids is 2. The average Bonchev–Trinajstić information content (AvgIpc) is 3.26. The molecule has 0 unspecified atom stereocenters.